The van der Waals surface area contributed by atoms with Crippen LogP contribution in [0, 0.1) is 0 Å². The second-order valence-corrected chi connectivity index (χ2v) is 10.3. The lowest BCUT2D eigenvalue weighted by molar-refractivity contribution is 0.670. The lowest BCUT2D eigenvalue weighted by Gasteiger charge is -2.17. The summed E-state index contributed by atoms with van der Waals surface area (Å²) in [6.07, 6.45) is 0. The van der Waals surface area contributed by atoms with Gasteiger partial charge in [-0.3, -0.25) is 0 Å². The summed E-state index contributed by atoms with van der Waals surface area (Å²) in [7, 11) is 0. The first-order valence-corrected chi connectivity index (χ1v) is 13.7. The second-order valence-electron chi connectivity index (χ2n) is 10.3. The number of hydrogen-bond acceptors (Lipinski definition) is 1. The van der Waals surface area contributed by atoms with Gasteiger partial charge in [0.15, 0.2) is 0 Å². The Balaban J connectivity index is 1.45. The van der Waals surface area contributed by atoms with Crippen LogP contribution in [0.5, 0.6) is 0 Å². The van der Waals surface area contributed by atoms with Gasteiger partial charge in [0.1, 0.15) is 11.2 Å². The van der Waals surface area contributed by atoms with E-state index in [2.05, 4.69) is 6.07 Å². The van der Waals surface area contributed by atoms with Gasteiger partial charge in [0.05, 0.1) is 17.8 Å². The van der Waals surface area contributed by atoms with Crippen molar-refractivity contribution in [1.82, 2.24) is 0 Å². The molecular formula is C42H26O. The molecule has 1 aromatic heterocycles. The predicted octanol–water partition coefficient (Wildman–Crippen LogP) is 12.0. The third-order valence-electron chi connectivity index (χ3n) is 7.97. The van der Waals surface area contributed by atoms with Crippen molar-refractivity contribution in [3.8, 4) is 33.4 Å². The van der Waals surface area contributed by atoms with E-state index in [0.29, 0.717) is 22.1 Å². The van der Waals surface area contributed by atoms with Crippen molar-refractivity contribution in [3.05, 3.63) is 157 Å². The van der Waals surface area contributed by atoms with Crippen molar-refractivity contribution >= 4 is 54.3 Å². The summed E-state index contributed by atoms with van der Waals surface area (Å²) in [5.41, 5.74) is 2.51. The van der Waals surface area contributed by atoms with Crippen molar-refractivity contribution in [1.29, 1.82) is 0 Å². The molecule has 9 rings (SSSR count). The second kappa shape index (κ2) is 9.44. The molecule has 0 aliphatic carbocycles. The van der Waals surface area contributed by atoms with E-state index in [4.69, 9.17) is 16.8 Å². The molecule has 1 heteroatoms. The fourth-order valence-electron chi connectivity index (χ4n) is 6.08. The Bertz CT molecular complexity index is 3130. The van der Waals surface area contributed by atoms with Crippen molar-refractivity contribution < 1.29 is 22.2 Å². The average Bonchev–Trinajstić information content (AvgIpc) is 3.59. The summed E-state index contributed by atoms with van der Waals surface area (Å²) >= 11 is 0. The Morgan fingerprint density at radius 1 is 0.419 bits per heavy atom. The molecule has 0 saturated carbocycles. The molecule has 9 aromatic rings. The normalized spacial score (nSPS) is 16.0. The van der Waals surface area contributed by atoms with Crippen LogP contribution >= 0.6 is 0 Å². The molecule has 0 unspecified atom stereocenters. The van der Waals surface area contributed by atoms with Crippen molar-refractivity contribution in [2.75, 3.05) is 0 Å². The highest BCUT2D eigenvalue weighted by molar-refractivity contribution is 6.22. The molecule has 1 heterocycles. The molecule has 200 valence electrons. The smallest absolute Gasteiger partial charge is 0.143 e. The maximum absolute atomic E-state index is 9.24. The fourth-order valence-corrected chi connectivity index (χ4v) is 6.08. The predicted molar refractivity (Wildman–Crippen MR) is 183 cm³/mol. The minimum absolute atomic E-state index is 0.0621. The molecule has 0 aliphatic rings. The summed E-state index contributed by atoms with van der Waals surface area (Å²) in [5, 5.41) is 2.73. The quantitative estimate of drug-likeness (QED) is 0.196. The Hall–Kier alpha value is -5.66. The lowest BCUT2D eigenvalue weighted by Crippen LogP contribution is -1.90. The first kappa shape index (κ1) is 14.5. The molecule has 0 fully saturated rings. The van der Waals surface area contributed by atoms with Crippen molar-refractivity contribution in [2.45, 2.75) is 0 Å². The van der Waals surface area contributed by atoms with Crippen LogP contribution in [0.1, 0.15) is 17.8 Å². The van der Waals surface area contributed by atoms with E-state index < -0.39 is 84.1 Å². The standard InChI is InChI=1S/C42H26O/c1-2-12-28(13-3-1)40-33-15-6-8-17-35(33)41(36-18-9-7-16-34(36)40)31-23-24-39-38(26-31)37-20-10-19-32(42(37)43-39)30-22-21-27-11-4-5-14-29(27)25-30/h1-26H/i1D,2D,3D,6D,7D,8D,9D,12D,13D,15D,16D,17D,18D. The number of rotatable bonds is 3. The third-order valence-corrected chi connectivity index (χ3v) is 7.97. The molecule has 0 saturated heterocycles. The highest BCUT2D eigenvalue weighted by atomic mass is 16.3. The van der Waals surface area contributed by atoms with Crippen molar-refractivity contribution in [2.24, 2.45) is 0 Å². The lowest BCUT2D eigenvalue weighted by atomic mass is 9.86. The van der Waals surface area contributed by atoms with Crippen LogP contribution in [0.3, 0.4) is 0 Å². The highest BCUT2D eigenvalue weighted by Crippen LogP contribution is 2.45. The molecule has 8 aromatic carbocycles. The third kappa shape index (κ3) is 3.72. The maximum Gasteiger partial charge on any atom is 0.143 e. The number of benzene rings is 8. The zero-order valence-electron chi connectivity index (χ0n) is 35.4. The number of fused-ring (bicyclic) bond motifs is 6. The Kier molecular flexibility index (Phi) is 3.18. The number of furan rings is 1. The number of para-hydroxylation sites is 1. The molecule has 0 radical (unpaired) electrons. The molecule has 1 nitrogen and oxygen atoms in total. The van der Waals surface area contributed by atoms with E-state index >= 15 is 0 Å². The molecule has 0 atom stereocenters. The summed E-state index contributed by atoms with van der Waals surface area (Å²) in [4.78, 5) is 0. The summed E-state index contributed by atoms with van der Waals surface area (Å²) in [6.45, 7) is 0. The minimum atomic E-state index is -0.714. The van der Waals surface area contributed by atoms with Crippen LogP contribution in [0.2, 0.25) is 0 Å². The van der Waals surface area contributed by atoms with Crippen LogP contribution in [-0.4, -0.2) is 0 Å². The van der Waals surface area contributed by atoms with Gasteiger partial charge in [-0.1, -0.05) is 139 Å². The summed E-state index contributed by atoms with van der Waals surface area (Å²) < 4.78 is 121. The summed E-state index contributed by atoms with van der Waals surface area (Å²) in [5.74, 6) is 0. The minimum Gasteiger partial charge on any atom is -0.455 e. The van der Waals surface area contributed by atoms with E-state index in [1.54, 1.807) is 18.2 Å². The van der Waals surface area contributed by atoms with Gasteiger partial charge in [0.25, 0.3) is 0 Å². The van der Waals surface area contributed by atoms with Gasteiger partial charge in [-0.15, -0.1) is 0 Å². The van der Waals surface area contributed by atoms with E-state index in [0.717, 1.165) is 27.3 Å². The molecule has 0 amide bonds. The van der Waals surface area contributed by atoms with Gasteiger partial charge in [-0.2, -0.15) is 0 Å². The van der Waals surface area contributed by atoms with Gasteiger partial charge >= 0.3 is 0 Å². The monoisotopic (exact) mass is 559 g/mol. The van der Waals surface area contributed by atoms with Crippen LogP contribution in [-0.2, 0) is 0 Å². The zero-order chi connectivity index (χ0) is 39.6. The van der Waals surface area contributed by atoms with Crippen LogP contribution in [0.15, 0.2) is 162 Å². The van der Waals surface area contributed by atoms with E-state index in [-0.39, 0.29) is 32.7 Å². The van der Waals surface area contributed by atoms with E-state index in [1.165, 1.54) is 0 Å². The first-order chi connectivity index (χ1) is 26.7. The van der Waals surface area contributed by atoms with Gasteiger partial charge in [-0.05, 0) is 78.3 Å². The molecule has 0 aliphatic heterocycles. The van der Waals surface area contributed by atoms with Gasteiger partial charge < -0.3 is 4.42 Å². The zero-order valence-corrected chi connectivity index (χ0v) is 22.4. The first-order valence-electron chi connectivity index (χ1n) is 20.2. The Morgan fingerprint density at radius 3 is 1.77 bits per heavy atom. The number of hydrogen-bond donors (Lipinski definition) is 0. The Labute approximate surface area is 267 Å². The van der Waals surface area contributed by atoms with Crippen LogP contribution < -0.4 is 0 Å². The highest BCUT2D eigenvalue weighted by Gasteiger charge is 2.18. The topological polar surface area (TPSA) is 13.1 Å². The van der Waals surface area contributed by atoms with E-state index in [1.807, 2.05) is 54.6 Å². The molecule has 0 bridgehead atoms. The van der Waals surface area contributed by atoms with E-state index in [9.17, 15) is 5.48 Å². The van der Waals surface area contributed by atoms with Crippen LogP contribution in [0.25, 0.3) is 87.6 Å². The van der Waals surface area contributed by atoms with Gasteiger partial charge in [0, 0.05) is 16.3 Å². The fraction of sp³-hybridized carbons (Fsp3) is 0. The molecule has 0 spiro atoms. The van der Waals surface area contributed by atoms with Gasteiger partial charge in [-0.25, -0.2) is 0 Å². The van der Waals surface area contributed by atoms with Crippen LogP contribution in [0.4, 0.5) is 0 Å². The average molecular weight is 560 g/mol. The van der Waals surface area contributed by atoms with Gasteiger partial charge in [0.2, 0.25) is 0 Å². The Morgan fingerprint density at radius 2 is 1.05 bits per heavy atom. The SMILES string of the molecule is [2H]c1c([2H])c([2H])c(-c2c3c([2H])c([2H])c([2H])c([2H])c3c(-c3ccc4oc5c(-c6ccc7ccccc7c6)cccc5c4c3)c3c([2H])c([2H])c([2H])c([2H])c23)c([2H])c1[2H]. The molecule has 0 N–H and O–H groups in total. The molecule has 43 heavy (non-hydrogen) atoms. The molecular weight excluding hydrogens is 520 g/mol. The van der Waals surface area contributed by atoms with Crippen molar-refractivity contribution in [3.63, 3.8) is 0 Å². The summed E-state index contributed by atoms with van der Waals surface area (Å²) in [6, 6.07) is 16.7. The maximum atomic E-state index is 9.24. The largest absolute Gasteiger partial charge is 0.455 e.